The van der Waals surface area contributed by atoms with Gasteiger partial charge in [0.2, 0.25) is 0 Å². The molecule has 2 rings (SSSR count). The van der Waals surface area contributed by atoms with Gasteiger partial charge in [-0.05, 0) is 49.9 Å². The third-order valence-electron chi connectivity index (χ3n) is 3.95. The first-order valence-electron chi connectivity index (χ1n) is 7.36. The molecule has 0 aromatic heterocycles. The molecule has 0 amide bonds. The zero-order chi connectivity index (χ0) is 13.8. The summed E-state index contributed by atoms with van der Waals surface area (Å²) >= 11 is 0. The maximum absolute atomic E-state index is 13.5. The van der Waals surface area contributed by atoms with Gasteiger partial charge < -0.3 is 10.2 Å². The van der Waals surface area contributed by atoms with Crippen molar-refractivity contribution < 1.29 is 4.39 Å². The number of benzene rings is 1. The van der Waals surface area contributed by atoms with Crippen molar-refractivity contribution in [2.45, 2.75) is 58.2 Å². The molecular formula is C16H25FN2. The van der Waals surface area contributed by atoms with Crippen LogP contribution in [0, 0.1) is 5.82 Å². The molecule has 0 radical (unpaired) electrons. The van der Waals surface area contributed by atoms with Crippen molar-refractivity contribution in [1.29, 1.82) is 0 Å². The van der Waals surface area contributed by atoms with E-state index in [2.05, 4.69) is 31.1 Å². The number of anilines is 1. The summed E-state index contributed by atoms with van der Waals surface area (Å²) in [5.41, 5.74) is 2.22. The van der Waals surface area contributed by atoms with Crippen LogP contribution in [-0.4, -0.2) is 19.1 Å². The Kier molecular flexibility index (Phi) is 4.81. The molecule has 0 aliphatic heterocycles. The summed E-state index contributed by atoms with van der Waals surface area (Å²) in [4.78, 5) is 2.27. The van der Waals surface area contributed by atoms with E-state index in [-0.39, 0.29) is 5.82 Å². The van der Waals surface area contributed by atoms with Gasteiger partial charge in [-0.2, -0.15) is 0 Å². The number of nitrogens with zero attached hydrogens (tertiary/aromatic N) is 1. The third-order valence-corrected chi connectivity index (χ3v) is 3.95. The molecule has 106 valence electrons. The summed E-state index contributed by atoms with van der Waals surface area (Å²) in [5.74, 6) is -0.145. The summed E-state index contributed by atoms with van der Waals surface area (Å²) in [6.45, 7) is 5.19. The first kappa shape index (κ1) is 14.3. The lowest BCUT2D eigenvalue weighted by Gasteiger charge is -2.29. The molecule has 1 unspecified atom stereocenters. The van der Waals surface area contributed by atoms with Gasteiger partial charge in [0, 0.05) is 31.4 Å². The van der Waals surface area contributed by atoms with Crippen LogP contribution in [-0.2, 0) is 6.54 Å². The first-order valence-corrected chi connectivity index (χ1v) is 7.36. The minimum Gasteiger partial charge on any atom is -0.372 e. The quantitative estimate of drug-likeness (QED) is 0.807. The minimum absolute atomic E-state index is 0.145. The summed E-state index contributed by atoms with van der Waals surface area (Å²) in [5, 5.41) is 3.47. The van der Waals surface area contributed by atoms with Gasteiger partial charge in [0.15, 0.2) is 0 Å². The highest BCUT2D eigenvalue weighted by molar-refractivity contribution is 5.54. The van der Waals surface area contributed by atoms with E-state index in [4.69, 9.17) is 0 Å². The van der Waals surface area contributed by atoms with Crippen molar-refractivity contribution in [3.63, 3.8) is 0 Å². The van der Waals surface area contributed by atoms with Gasteiger partial charge in [-0.1, -0.05) is 13.3 Å². The van der Waals surface area contributed by atoms with Crippen LogP contribution in [0.15, 0.2) is 18.2 Å². The maximum atomic E-state index is 13.5. The Bertz CT molecular complexity index is 415. The molecule has 1 saturated carbocycles. The maximum Gasteiger partial charge on any atom is 0.123 e. The number of hydrogen-bond acceptors (Lipinski definition) is 2. The fourth-order valence-electron chi connectivity index (χ4n) is 2.43. The molecule has 0 saturated heterocycles. The monoisotopic (exact) mass is 264 g/mol. The van der Waals surface area contributed by atoms with Crippen molar-refractivity contribution in [2.24, 2.45) is 0 Å². The van der Waals surface area contributed by atoms with Crippen LogP contribution in [0.3, 0.4) is 0 Å². The molecule has 1 N–H and O–H groups in total. The Hall–Kier alpha value is -1.09. The number of nitrogens with one attached hydrogen (secondary N) is 1. The van der Waals surface area contributed by atoms with Crippen molar-refractivity contribution in [3.8, 4) is 0 Å². The molecule has 3 heteroatoms. The van der Waals surface area contributed by atoms with E-state index >= 15 is 0 Å². The topological polar surface area (TPSA) is 15.3 Å². The Balaban J connectivity index is 2.11. The van der Waals surface area contributed by atoms with E-state index in [0.29, 0.717) is 12.1 Å². The van der Waals surface area contributed by atoms with Gasteiger partial charge in [0.05, 0.1) is 0 Å². The molecule has 1 fully saturated rings. The lowest BCUT2D eigenvalue weighted by Crippen LogP contribution is -2.30. The van der Waals surface area contributed by atoms with Gasteiger partial charge in [-0.25, -0.2) is 4.39 Å². The van der Waals surface area contributed by atoms with E-state index in [0.717, 1.165) is 24.2 Å². The summed E-state index contributed by atoms with van der Waals surface area (Å²) in [6.07, 6.45) is 4.84. The van der Waals surface area contributed by atoms with Gasteiger partial charge in [0.25, 0.3) is 0 Å². The molecule has 2 nitrogen and oxygen atoms in total. The molecule has 0 bridgehead atoms. The average Bonchev–Trinajstić information content (AvgIpc) is 3.20. The van der Waals surface area contributed by atoms with Crippen LogP contribution < -0.4 is 10.2 Å². The van der Waals surface area contributed by atoms with Gasteiger partial charge in [-0.3, -0.25) is 0 Å². The molecule has 0 heterocycles. The fraction of sp³-hybridized carbons (Fsp3) is 0.625. The lowest BCUT2D eigenvalue weighted by molar-refractivity contribution is 0.601. The number of rotatable bonds is 7. The second-order valence-corrected chi connectivity index (χ2v) is 5.68. The summed E-state index contributed by atoms with van der Waals surface area (Å²) < 4.78 is 13.5. The molecular weight excluding hydrogens is 239 g/mol. The molecule has 1 aromatic rings. The molecule has 1 atom stereocenters. The Morgan fingerprint density at radius 3 is 2.79 bits per heavy atom. The highest BCUT2D eigenvalue weighted by Crippen LogP contribution is 2.25. The molecule has 1 aliphatic rings. The van der Waals surface area contributed by atoms with Gasteiger partial charge in [-0.15, -0.1) is 0 Å². The van der Waals surface area contributed by atoms with Gasteiger partial charge in [0.1, 0.15) is 5.82 Å². The standard InChI is InChI=1S/C16H25FN2/c1-4-5-12(2)19(3)16-9-6-14(17)10-13(16)11-18-15-7-8-15/h6,9-10,12,15,18H,4-5,7-8,11H2,1-3H3. The van der Waals surface area contributed by atoms with E-state index in [1.54, 1.807) is 12.1 Å². The van der Waals surface area contributed by atoms with E-state index in [1.165, 1.54) is 19.3 Å². The van der Waals surface area contributed by atoms with Crippen molar-refractivity contribution >= 4 is 5.69 Å². The van der Waals surface area contributed by atoms with Crippen molar-refractivity contribution in [2.75, 3.05) is 11.9 Å². The number of halogens is 1. The van der Waals surface area contributed by atoms with Crippen LogP contribution in [0.4, 0.5) is 10.1 Å². The highest BCUT2D eigenvalue weighted by atomic mass is 19.1. The average molecular weight is 264 g/mol. The second kappa shape index (κ2) is 6.38. The summed E-state index contributed by atoms with van der Waals surface area (Å²) in [7, 11) is 2.11. The zero-order valence-corrected chi connectivity index (χ0v) is 12.2. The Morgan fingerprint density at radius 2 is 2.16 bits per heavy atom. The SMILES string of the molecule is CCCC(C)N(C)c1ccc(F)cc1CNC1CC1. The largest absolute Gasteiger partial charge is 0.372 e. The smallest absolute Gasteiger partial charge is 0.123 e. The minimum atomic E-state index is -0.145. The zero-order valence-electron chi connectivity index (χ0n) is 12.2. The highest BCUT2D eigenvalue weighted by Gasteiger charge is 2.21. The van der Waals surface area contributed by atoms with Crippen LogP contribution in [0.5, 0.6) is 0 Å². The van der Waals surface area contributed by atoms with Gasteiger partial charge >= 0.3 is 0 Å². The molecule has 19 heavy (non-hydrogen) atoms. The fourth-order valence-corrected chi connectivity index (χ4v) is 2.43. The Morgan fingerprint density at radius 1 is 1.42 bits per heavy atom. The second-order valence-electron chi connectivity index (χ2n) is 5.68. The van der Waals surface area contributed by atoms with Crippen molar-refractivity contribution in [3.05, 3.63) is 29.6 Å². The van der Waals surface area contributed by atoms with Crippen molar-refractivity contribution in [1.82, 2.24) is 5.32 Å². The lowest BCUT2D eigenvalue weighted by atomic mass is 10.1. The normalized spacial score (nSPS) is 16.4. The molecule has 1 aliphatic carbocycles. The van der Waals surface area contributed by atoms with E-state index in [9.17, 15) is 4.39 Å². The van der Waals surface area contributed by atoms with E-state index in [1.807, 2.05) is 6.07 Å². The predicted molar refractivity (Wildman–Crippen MR) is 79.0 cm³/mol. The van der Waals surface area contributed by atoms with Crippen LogP contribution >= 0.6 is 0 Å². The number of hydrogen-bond donors (Lipinski definition) is 1. The predicted octanol–water partition coefficient (Wildman–Crippen LogP) is 3.70. The third kappa shape index (κ3) is 3.93. The molecule has 0 spiro atoms. The van der Waals surface area contributed by atoms with E-state index < -0.39 is 0 Å². The molecule has 1 aromatic carbocycles. The van der Waals surface area contributed by atoms with Crippen LogP contribution in [0.2, 0.25) is 0 Å². The first-order chi connectivity index (χ1) is 9.11. The Labute approximate surface area is 116 Å². The summed E-state index contributed by atoms with van der Waals surface area (Å²) in [6, 6.07) is 6.26. The van der Waals surface area contributed by atoms with Crippen LogP contribution in [0.25, 0.3) is 0 Å². The van der Waals surface area contributed by atoms with Crippen LogP contribution in [0.1, 0.15) is 45.1 Å².